The van der Waals surface area contributed by atoms with Crippen LogP contribution < -0.4 is 10.1 Å². The van der Waals surface area contributed by atoms with E-state index in [0.717, 1.165) is 54.3 Å². The van der Waals surface area contributed by atoms with E-state index in [9.17, 15) is 4.79 Å². The number of likely N-dealkylation sites (tertiary alicyclic amines) is 1. The number of hydrogen-bond acceptors (Lipinski definition) is 5. The van der Waals surface area contributed by atoms with Crippen LogP contribution in [-0.2, 0) is 4.79 Å². The van der Waals surface area contributed by atoms with Crippen LogP contribution in [-0.4, -0.2) is 45.0 Å². The second-order valence-corrected chi connectivity index (χ2v) is 7.99. The zero-order valence-corrected chi connectivity index (χ0v) is 17.7. The number of anilines is 1. The molecular weight excluding hydrogens is 402 g/mol. The third kappa shape index (κ3) is 4.63. The second-order valence-electron chi connectivity index (χ2n) is 7.99. The van der Waals surface area contributed by atoms with Crippen LogP contribution in [0.1, 0.15) is 18.9 Å². The number of ether oxygens (including phenoxy) is 1. The molecule has 7 nitrogen and oxygen atoms in total. The van der Waals surface area contributed by atoms with E-state index in [0.29, 0.717) is 12.6 Å². The normalized spacial score (nSPS) is 15.0. The maximum atomic E-state index is 12.5. The number of carbonyl (C=O) groups is 1. The number of fused-ring (bicyclic) bond motifs is 1. The first kappa shape index (κ1) is 20.2. The molecule has 3 heterocycles. The molecule has 4 aromatic rings. The number of nitrogens with one attached hydrogen (secondary N) is 1. The number of imidazole rings is 1. The van der Waals surface area contributed by atoms with Crippen LogP contribution in [0.5, 0.6) is 11.5 Å². The maximum Gasteiger partial charge on any atom is 0.238 e. The highest BCUT2D eigenvalue weighted by Crippen LogP contribution is 2.26. The highest BCUT2D eigenvalue weighted by atomic mass is 16.5. The lowest BCUT2D eigenvalue weighted by Gasteiger charge is -2.32. The number of aromatic nitrogens is 3. The molecule has 0 aliphatic carbocycles. The Morgan fingerprint density at radius 1 is 0.938 bits per heavy atom. The maximum absolute atomic E-state index is 12.5. The number of amides is 1. The van der Waals surface area contributed by atoms with Crippen molar-refractivity contribution in [2.45, 2.75) is 18.9 Å². The van der Waals surface area contributed by atoms with Gasteiger partial charge in [0.05, 0.1) is 12.9 Å². The first-order chi connectivity index (χ1) is 15.7. The summed E-state index contributed by atoms with van der Waals surface area (Å²) in [6.07, 6.45) is 5.64. The van der Waals surface area contributed by atoms with Gasteiger partial charge in [0, 0.05) is 31.0 Å². The SMILES string of the molecule is O=C(CN1CCC(n2cnc3cccnc32)CC1)Nc1ccc(Oc2ccccc2)cc1. The fraction of sp³-hybridized carbons (Fsp3) is 0.240. The molecule has 0 saturated carbocycles. The summed E-state index contributed by atoms with van der Waals surface area (Å²) < 4.78 is 7.97. The largest absolute Gasteiger partial charge is 0.457 e. The molecule has 0 bridgehead atoms. The van der Waals surface area contributed by atoms with Gasteiger partial charge in [-0.2, -0.15) is 0 Å². The molecule has 1 aliphatic rings. The van der Waals surface area contributed by atoms with Gasteiger partial charge in [0.2, 0.25) is 5.91 Å². The summed E-state index contributed by atoms with van der Waals surface area (Å²) in [5, 5.41) is 2.98. The minimum absolute atomic E-state index is 0.00470. The lowest BCUT2D eigenvalue weighted by molar-refractivity contribution is -0.117. The van der Waals surface area contributed by atoms with Gasteiger partial charge in [-0.1, -0.05) is 18.2 Å². The van der Waals surface area contributed by atoms with Gasteiger partial charge in [-0.25, -0.2) is 9.97 Å². The van der Waals surface area contributed by atoms with E-state index in [-0.39, 0.29) is 5.91 Å². The van der Waals surface area contributed by atoms with E-state index >= 15 is 0 Å². The fourth-order valence-corrected chi connectivity index (χ4v) is 4.12. The van der Waals surface area contributed by atoms with Crippen molar-refractivity contribution >= 4 is 22.8 Å². The van der Waals surface area contributed by atoms with E-state index in [1.54, 1.807) is 6.20 Å². The van der Waals surface area contributed by atoms with Crippen molar-refractivity contribution < 1.29 is 9.53 Å². The Bertz CT molecular complexity index is 1180. The van der Waals surface area contributed by atoms with Crippen LogP contribution in [0.3, 0.4) is 0 Å². The highest BCUT2D eigenvalue weighted by molar-refractivity contribution is 5.92. The molecule has 0 spiro atoms. The number of para-hydroxylation sites is 1. The molecule has 0 radical (unpaired) electrons. The van der Waals surface area contributed by atoms with Gasteiger partial charge in [0.1, 0.15) is 17.0 Å². The Hall–Kier alpha value is -3.71. The smallest absolute Gasteiger partial charge is 0.238 e. The van der Waals surface area contributed by atoms with E-state index in [1.807, 2.05) is 73.1 Å². The standard InChI is InChI=1S/C25H25N5O2/c31-24(28-19-8-10-22(11-9-19)32-21-5-2-1-3-6-21)17-29-15-12-20(13-16-29)30-18-27-23-7-4-14-26-25(23)30/h1-11,14,18,20H,12-13,15-17H2,(H,28,31). The molecule has 5 rings (SSSR count). The van der Waals surface area contributed by atoms with Crippen molar-refractivity contribution in [1.82, 2.24) is 19.4 Å². The Balaban J connectivity index is 1.11. The van der Waals surface area contributed by atoms with E-state index < -0.39 is 0 Å². The summed E-state index contributed by atoms with van der Waals surface area (Å²) in [7, 11) is 0. The molecule has 2 aromatic heterocycles. The molecule has 1 saturated heterocycles. The molecule has 1 N–H and O–H groups in total. The van der Waals surface area contributed by atoms with Crippen LogP contribution in [0.15, 0.2) is 79.3 Å². The first-order valence-electron chi connectivity index (χ1n) is 10.9. The minimum Gasteiger partial charge on any atom is -0.457 e. The van der Waals surface area contributed by atoms with Crippen LogP contribution in [0.4, 0.5) is 5.69 Å². The van der Waals surface area contributed by atoms with Crippen molar-refractivity contribution in [3.05, 3.63) is 79.3 Å². The summed E-state index contributed by atoms with van der Waals surface area (Å²) in [6, 6.07) is 21.3. The molecule has 1 aliphatic heterocycles. The van der Waals surface area contributed by atoms with Gasteiger partial charge in [0.15, 0.2) is 5.65 Å². The number of carbonyl (C=O) groups excluding carboxylic acids is 1. The molecule has 32 heavy (non-hydrogen) atoms. The van der Waals surface area contributed by atoms with Gasteiger partial charge in [-0.3, -0.25) is 9.69 Å². The fourth-order valence-electron chi connectivity index (χ4n) is 4.12. The van der Waals surface area contributed by atoms with Gasteiger partial charge in [0.25, 0.3) is 0 Å². The third-order valence-corrected chi connectivity index (χ3v) is 5.77. The summed E-state index contributed by atoms with van der Waals surface area (Å²) in [5.74, 6) is 1.51. The molecule has 0 atom stereocenters. The van der Waals surface area contributed by atoms with E-state index in [4.69, 9.17) is 4.74 Å². The monoisotopic (exact) mass is 427 g/mol. The minimum atomic E-state index is -0.00470. The first-order valence-corrected chi connectivity index (χ1v) is 10.9. The molecule has 1 amide bonds. The number of hydrogen-bond donors (Lipinski definition) is 1. The summed E-state index contributed by atoms with van der Waals surface area (Å²) >= 11 is 0. The average molecular weight is 428 g/mol. The molecule has 0 unspecified atom stereocenters. The van der Waals surface area contributed by atoms with Crippen LogP contribution in [0, 0.1) is 0 Å². The highest BCUT2D eigenvalue weighted by Gasteiger charge is 2.23. The van der Waals surface area contributed by atoms with Gasteiger partial charge in [-0.15, -0.1) is 0 Å². The lowest BCUT2D eigenvalue weighted by Crippen LogP contribution is -2.39. The van der Waals surface area contributed by atoms with E-state index in [2.05, 4.69) is 24.8 Å². The Morgan fingerprint density at radius 2 is 1.69 bits per heavy atom. The van der Waals surface area contributed by atoms with Crippen molar-refractivity contribution in [1.29, 1.82) is 0 Å². The van der Waals surface area contributed by atoms with Crippen LogP contribution >= 0.6 is 0 Å². The number of rotatable bonds is 6. The van der Waals surface area contributed by atoms with Gasteiger partial charge in [-0.05, 0) is 61.4 Å². The molecule has 162 valence electrons. The van der Waals surface area contributed by atoms with Crippen molar-refractivity contribution in [2.24, 2.45) is 0 Å². The Morgan fingerprint density at radius 3 is 2.47 bits per heavy atom. The number of piperidine rings is 1. The van der Waals surface area contributed by atoms with Crippen LogP contribution in [0.25, 0.3) is 11.2 Å². The predicted molar refractivity (Wildman–Crippen MR) is 124 cm³/mol. The van der Waals surface area contributed by atoms with Crippen molar-refractivity contribution in [3.63, 3.8) is 0 Å². The summed E-state index contributed by atoms with van der Waals surface area (Å²) in [4.78, 5) is 23.7. The summed E-state index contributed by atoms with van der Waals surface area (Å²) in [5.41, 5.74) is 2.62. The molecule has 2 aromatic carbocycles. The van der Waals surface area contributed by atoms with Gasteiger partial charge >= 0.3 is 0 Å². The number of pyridine rings is 1. The van der Waals surface area contributed by atoms with E-state index in [1.165, 1.54) is 0 Å². The Kier molecular flexibility index (Phi) is 5.81. The number of nitrogens with zero attached hydrogens (tertiary/aromatic N) is 4. The second kappa shape index (κ2) is 9.20. The predicted octanol–water partition coefficient (Wildman–Crippen LogP) is 4.50. The average Bonchev–Trinajstić information content (AvgIpc) is 3.26. The van der Waals surface area contributed by atoms with Crippen LogP contribution in [0.2, 0.25) is 0 Å². The third-order valence-electron chi connectivity index (χ3n) is 5.77. The molecular formula is C25H25N5O2. The van der Waals surface area contributed by atoms with Crippen molar-refractivity contribution in [3.8, 4) is 11.5 Å². The topological polar surface area (TPSA) is 72.3 Å². The lowest BCUT2D eigenvalue weighted by atomic mass is 10.0. The van der Waals surface area contributed by atoms with Crippen molar-refractivity contribution in [2.75, 3.05) is 25.0 Å². The zero-order valence-electron chi connectivity index (χ0n) is 17.7. The molecule has 1 fully saturated rings. The molecule has 7 heteroatoms. The summed E-state index contributed by atoms with van der Waals surface area (Å²) in [6.45, 7) is 2.13. The zero-order chi connectivity index (χ0) is 21.8. The number of benzene rings is 2. The quantitative estimate of drug-likeness (QED) is 0.491. The Labute approximate surface area is 186 Å². The van der Waals surface area contributed by atoms with Gasteiger partial charge < -0.3 is 14.6 Å².